The molecule has 0 bridgehead atoms. The molecule has 0 amide bonds. The number of aromatic nitrogens is 2. The number of allylic oxidation sites excluding steroid dienone is 2. The van der Waals surface area contributed by atoms with Crippen molar-refractivity contribution in [2.75, 3.05) is 20.2 Å². The van der Waals surface area contributed by atoms with Crippen molar-refractivity contribution in [3.05, 3.63) is 29.2 Å². The number of carbonyl (C=O) groups excluding carboxylic acids is 1. The maximum Gasteiger partial charge on any atom is 0.317 e. The molecule has 1 spiro atoms. The largest absolute Gasteiger partial charge is 0.462 e. The van der Waals surface area contributed by atoms with Crippen LogP contribution in [0.15, 0.2) is 23.5 Å². The zero-order valence-corrected chi connectivity index (χ0v) is 17.2. The summed E-state index contributed by atoms with van der Waals surface area (Å²) in [5.74, 6) is 0.249. The Bertz CT molecular complexity index is 836. The highest BCUT2D eigenvalue weighted by molar-refractivity contribution is 6.10. The molecule has 0 radical (unpaired) electrons. The van der Waals surface area contributed by atoms with Crippen LogP contribution in [0, 0.1) is 10.8 Å². The highest BCUT2D eigenvalue weighted by Crippen LogP contribution is 2.47. The number of rotatable bonds is 5. The van der Waals surface area contributed by atoms with Gasteiger partial charge in [0.1, 0.15) is 12.4 Å². The molecule has 7 heteroatoms. The Morgan fingerprint density at radius 3 is 2.90 bits per heavy atom. The molecule has 2 aliphatic carbocycles. The van der Waals surface area contributed by atoms with Gasteiger partial charge in [-0.2, -0.15) is 4.98 Å². The van der Waals surface area contributed by atoms with Crippen LogP contribution in [0.2, 0.25) is 0 Å². The molecule has 1 aromatic heterocycles. The number of hydrogen-bond acceptors (Lipinski definition) is 7. The molecular formula is C22H31N5O2. The van der Waals surface area contributed by atoms with Crippen LogP contribution >= 0.6 is 0 Å². The maximum atomic E-state index is 12.7. The lowest BCUT2D eigenvalue weighted by molar-refractivity contribution is -0.129. The van der Waals surface area contributed by atoms with Crippen LogP contribution in [0.1, 0.15) is 63.5 Å². The number of hydrogen-bond donors (Lipinski definition) is 2. The Morgan fingerprint density at radius 1 is 1.31 bits per heavy atom. The summed E-state index contributed by atoms with van der Waals surface area (Å²) in [7, 11) is 2.11. The van der Waals surface area contributed by atoms with E-state index in [0.29, 0.717) is 48.6 Å². The van der Waals surface area contributed by atoms with E-state index in [1.54, 1.807) is 12.3 Å². The number of likely N-dealkylation sites (tertiary alicyclic amines) is 1. The van der Waals surface area contributed by atoms with E-state index < -0.39 is 5.41 Å². The topological polar surface area (TPSA) is 105 Å². The second-order valence-electron chi connectivity index (χ2n) is 8.65. The number of carbonyl (C=O) groups is 1. The summed E-state index contributed by atoms with van der Waals surface area (Å²) in [4.78, 5) is 23.7. The first-order valence-corrected chi connectivity index (χ1v) is 10.8. The number of nitrogens with zero attached hydrogens (tertiary/aromatic N) is 3. The molecule has 1 aromatic rings. The molecule has 156 valence electrons. The molecule has 4 rings (SSSR count). The van der Waals surface area contributed by atoms with E-state index in [0.717, 1.165) is 50.6 Å². The monoisotopic (exact) mass is 397 g/mol. The average molecular weight is 398 g/mol. The third-order valence-corrected chi connectivity index (χ3v) is 6.93. The summed E-state index contributed by atoms with van der Waals surface area (Å²) in [5.41, 5.74) is 8.17. The molecule has 7 nitrogen and oxygen atoms in total. The zero-order chi connectivity index (χ0) is 20.4. The van der Waals surface area contributed by atoms with Gasteiger partial charge in [0.2, 0.25) is 0 Å². The SMILES string of the molecule is CN1CCC[C@H]1COc1nccc(C(=N)C2=C(N)C3(CCCCC3=O)CCC2)n1. The fourth-order valence-corrected chi connectivity index (χ4v) is 5.09. The number of nitrogens with one attached hydrogen (secondary N) is 1. The van der Waals surface area contributed by atoms with Gasteiger partial charge in [-0.15, -0.1) is 0 Å². The molecule has 3 N–H and O–H groups in total. The van der Waals surface area contributed by atoms with Crippen molar-refractivity contribution in [1.82, 2.24) is 14.9 Å². The minimum absolute atomic E-state index is 0.249. The van der Waals surface area contributed by atoms with Gasteiger partial charge in [0, 0.05) is 24.4 Å². The molecule has 2 atom stereocenters. The van der Waals surface area contributed by atoms with Gasteiger partial charge in [0.25, 0.3) is 0 Å². The van der Waals surface area contributed by atoms with E-state index in [2.05, 4.69) is 21.9 Å². The van der Waals surface area contributed by atoms with E-state index in [-0.39, 0.29) is 5.78 Å². The highest BCUT2D eigenvalue weighted by atomic mass is 16.5. The average Bonchev–Trinajstić information content (AvgIpc) is 3.15. The Balaban J connectivity index is 1.53. The van der Waals surface area contributed by atoms with E-state index in [1.165, 1.54) is 6.42 Å². The van der Waals surface area contributed by atoms with Crippen molar-refractivity contribution in [2.45, 2.75) is 63.8 Å². The molecule has 29 heavy (non-hydrogen) atoms. The number of ketones is 1. The van der Waals surface area contributed by atoms with Gasteiger partial charge in [-0.25, -0.2) is 4.98 Å². The third kappa shape index (κ3) is 3.80. The highest BCUT2D eigenvalue weighted by Gasteiger charge is 2.45. The first-order chi connectivity index (χ1) is 14.0. The summed E-state index contributed by atoms with van der Waals surface area (Å²) in [5, 5.41) is 8.75. The van der Waals surface area contributed by atoms with Crippen molar-refractivity contribution >= 4 is 11.5 Å². The Labute approximate surface area is 172 Å². The molecule has 0 aromatic carbocycles. The molecule has 1 unspecified atom stereocenters. The van der Waals surface area contributed by atoms with Crippen molar-refractivity contribution in [2.24, 2.45) is 11.1 Å². The summed E-state index contributed by atoms with van der Waals surface area (Å²) in [6.45, 7) is 1.64. The minimum atomic E-state index is -0.558. The van der Waals surface area contributed by atoms with E-state index in [4.69, 9.17) is 15.9 Å². The molecule has 3 aliphatic rings. The van der Waals surface area contributed by atoms with Crippen molar-refractivity contribution in [3.8, 4) is 6.01 Å². The lowest BCUT2D eigenvalue weighted by Crippen LogP contribution is -2.42. The van der Waals surface area contributed by atoms with Crippen molar-refractivity contribution in [1.29, 1.82) is 5.41 Å². The van der Waals surface area contributed by atoms with E-state index in [9.17, 15) is 4.79 Å². The van der Waals surface area contributed by atoms with Gasteiger partial charge in [-0.3, -0.25) is 10.2 Å². The Morgan fingerprint density at radius 2 is 2.14 bits per heavy atom. The van der Waals surface area contributed by atoms with Gasteiger partial charge in [0.15, 0.2) is 0 Å². The van der Waals surface area contributed by atoms with E-state index in [1.807, 2.05) is 0 Å². The standard InChI is InChI=1S/C22H31N5O2/c1-27-13-5-6-15(27)14-29-21-25-12-9-17(26-21)19(23)16-7-4-11-22(20(16)24)10-3-2-8-18(22)28/h9,12,15,23H,2-8,10-11,13-14,24H2,1H3/t15-,22?/m0/s1. The predicted molar refractivity (Wildman–Crippen MR) is 111 cm³/mol. The Kier molecular flexibility index (Phi) is 5.67. The van der Waals surface area contributed by atoms with Crippen LogP contribution in [0.5, 0.6) is 6.01 Å². The minimum Gasteiger partial charge on any atom is -0.462 e. The number of likely N-dealkylation sites (N-methyl/N-ethyl adjacent to an activating group) is 1. The number of nitrogens with two attached hydrogens (primary N) is 1. The summed E-state index contributed by atoms with van der Waals surface area (Å²) in [6, 6.07) is 2.41. The first kappa shape index (κ1) is 20.0. The molecule has 2 fully saturated rings. The molecular weight excluding hydrogens is 366 g/mol. The van der Waals surface area contributed by atoms with Gasteiger partial charge >= 0.3 is 6.01 Å². The van der Waals surface area contributed by atoms with Gasteiger partial charge in [0.05, 0.1) is 16.8 Å². The zero-order valence-electron chi connectivity index (χ0n) is 17.2. The van der Waals surface area contributed by atoms with Crippen LogP contribution in [0.25, 0.3) is 0 Å². The second kappa shape index (κ2) is 8.22. The Hall–Kier alpha value is -2.28. The van der Waals surface area contributed by atoms with Crippen LogP contribution in [-0.4, -0.2) is 52.6 Å². The predicted octanol–water partition coefficient (Wildman–Crippen LogP) is 2.84. The maximum absolute atomic E-state index is 12.7. The number of ether oxygens (including phenoxy) is 1. The van der Waals surface area contributed by atoms with Crippen LogP contribution in [0.4, 0.5) is 0 Å². The van der Waals surface area contributed by atoms with Gasteiger partial charge < -0.3 is 15.4 Å². The summed E-state index contributed by atoms with van der Waals surface area (Å²) in [6.07, 6.45) is 9.71. The lowest BCUT2D eigenvalue weighted by Gasteiger charge is -2.40. The summed E-state index contributed by atoms with van der Waals surface area (Å²) < 4.78 is 5.83. The van der Waals surface area contributed by atoms with Crippen LogP contribution < -0.4 is 10.5 Å². The molecule has 1 aliphatic heterocycles. The third-order valence-electron chi connectivity index (χ3n) is 6.93. The van der Waals surface area contributed by atoms with Gasteiger partial charge in [-0.1, -0.05) is 6.42 Å². The number of Topliss-reactive ketones (excluding diaryl/α,β-unsaturated/α-hetero) is 1. The summed E-state index contributed by atoms with van der Waals surface area (Å²) >= 11 is 0. The lowest BCUT2D eigenvalue weighted by atomic mass is 9.63. The fraction of sp³-hybridized carbons (Fsp3) is 0.636. The van der Waals surface area contributed by atoms with Crippen LogP contribution in [-0.2, 0) is 4.79 Å². The molecule has 1 saturated carbocycles. The van der Waals surface area contributed by atoms with Crippen molar-refractivity contribution in [3.63, 3.8) is 0 Å². The second-order valence-corrected chi connectivity index (χ2v) is 8.65. The first-order valence-electron chi connectivity index (χ1n) is 10.8. The van der Waals surface area contributed by atoms with Crippen molar-refractivity contribution < 1.29 is 9.53 Å². The van der Waals surface area contributed by atoms with E-state index >= 15 is 0 Å². The van der Waals surface area contributed by atoms with Crippen LogP contribution in [0.3, 0.4) is 0 Å². The molecule has 1 saturated heterocycles. The van der Waals surface area contributed by atoms with Gasteiger partial charge in [-0.05, 0) is 70.2 Å². The molecule has 2 heterocycles. The normalized spacial score (nSPS) is 28.2. The quantitative estimate of drug-likeness (QED) is 0.740. The fourth-order valence-electron chi connectivity index (χ4n) is 5.09. The smallest absolute Gasteiger partial charge is 0.317 e.